The van der Waals surface area contributed by atoms with Gasteiger partial charge in [0, 0.05) is 13.5 Å². The highest BCUT2D eigenvalue weighted by atomic mass is 32.5. The molecule has 0 bridgehead atoms. The predicted octanol–water partition coefficient (Wildman–Crippen LogP) is 6.76. The number of quaternary nitrogens is 1. The number of hydrogen-bond acceptors (Lipinski definition) is 6. The lowest BCUT2D eigenvalue weighted by molar-refractivity contribution is -0.870. The van der Waals surface area contributed by atoms with Crippen molar-refractivity contribution < 1.29 is 32.7 Å². The molecule has 0 saturated carbocycles. The molecule has 0 amide bonds. The van der Waals surface area contributed by atoms with Gasteiger partial charge in [-0.2, -0.15) is 0 Å². The van der Waals surface area contributed by atoms with Crippen LogP contribution < -0.4 is 0 Å². The molecular formula is C27H57NO6PS+. The number of rotatable bonds is 26. The van der Waals surface area contributed by atoms with Gasteiger partial charge in [0.25, 0.3) is 0 Å². The number of nitrogens with zero attached hydrogens (tertiary/aromatic N) is 1. The smallest absolute Gasteiger partial charge is 0.324 e. The van der Waals surface area contributed by atoms with Crippen LogP contribution in [-0.4, -0.2) is 76.1 Å². The Labute approximate surface area is 227 Å². The van der Waals surface area contributed by atoms with Crippen molar-refractivity contribution in [3.05, 3.63) is 0 Å². The van der Waals surface area contributed by atoms with E-state index < -0.39 is 12.8 Å². The molecule has 0 aromatic rings. The van der Waals surface area contributed by atoms with Crippen LogP contribution >= 0.6 is 6.72 Å². The van der Waals surface area contributed by atoms with E-state index in [0.29, 0.717) is 24.1 Å². The standard InChI is InChI=1S/C27H56NO6PS/c1-6-7-8-9-10-11-12-13-14-15-16-17-18-19-20-21-27(29)32-24-26(31-5)25-34-35(30,36)33-23-22-28(2,3)4/h26H,6-25H2,1-5H3/p+1. The van der Waals surface area contributed by atoms with Crippen LogP contribution in [-0.2, 0) is 35.1 Å². The molecule has 0 heterocycles. The van der Waals surface area contributed by atoms with Crippen molar-refractivity contribution in [2.24, 2.45) is 0 Å². The van der Waals surface area contributed by atoms with Gasteiger partial charge in [0.05, 0.1) is 27.7 Å². The predicted molar refractivity (Wildman–Crippen MR) is 153 cm³/mol. The Kier molecular flexibility index (Phi) is 22.8. The topological polar surface area (TPSA) is 74.2 Å². The first kappa shape index (κ1) is 35.9. The second kappa shape index (κ2) is 22.9. The molecule has 0 aromatic carbocycles. The van der Waals surface area contributed by atoms with E-state index in [2.05, 4.69) is 6.92 Å². The van der Waals surface area contributed by atoms with Crippen LogP contribution in [0.2, 0.25) is 0 Å². The van der Waals surface area contributed by atoms with E-state index in [4.69, 9.17) is 30.3 Å². The third-order valence-electron chi connectivity index (χ3n) is 6.19. The zero-order valence-corrected chi connectivity index (χ0v) is 25.7. The highest BCUT2D eigenvalue weighted by molar-refractivity contribution is 8.07. The molecule has 0 aliphatic rings. The van der Waals surface area contributed by atoms with E-state index in [-0.39, 0.29) is 19.2 Å². The summed E-state index contributed by atoms with van der Waals surface area (Å²) >= 11 is 5.03. The summed E-state index contributed by atoms with van der Waals surface area (Å²) in [4.78, 5) is 22.2. The summed E-state index contributed by atoms with van der Waals surface area (Å²) in [6, 6.07) is 0. The van der Waals surface area contributed by atoms with Gasteiger partial charge in [-0.1, -0.05) is 96.8 Å². The minimum absolute atomic E-state index is 0.0148. The van der Waals surface area contributed by atoms with Gasteiger partial charge in [-0.15, -0.1) is 0 Å². The summed E-state index contributed by atoms with van der Waals surface area (Å²) in [6.07, 6.45) is 19.4. The lowest BCUT2D eigenvalue weighted by Gasteiger charge is -2.25. The summed E-state index contributed by atoms with van der Waals surface area (Å²) in [6.45, 7) is 0.0275. The summed E-state index contributed by atoms with van der Waals surface area (Å²) < 4.78 is 22.0. The molecule has 9 heteroatoms. The number of carbonyl (C=O) groups excluding carboxylic acids is 1. The number of hydrogen-bond donors (Lipinski definition) is 1. The van der Waals surface area contributed by atoms with E-state index in [9.17, 15) is 9.69 Å². The molecule has 2 atom stereocenters. The van der Waals surface area contributed by atoms with Crippen molar-refractivity contribution in [1.82, 2.24) is 0 Å². The number of carbonyl (C=O) groups is 1. The molecule has 0 saturated heterocycles. The van der Waals surface area contributed by atoms with Crippen molar-refractivity contribution in [3.63, 3.8) is 0 Å². The Balaban J connectivity index is 3.65. The minimum Gasteiger partial charge on any atom is -0.463 e. The Bertz CT molecular complexity index is 573. The summed E-state index contributed by atoms with van der Waals surface area (Å²) in [5, 5.41) is 0. The SMILES string of the molecule is CCCCCCCCCCCCCCCCCC(=O)OCC(COP(O)(=S)OCC[N+](C)(C)C)OC. The van der Waals surface area contributed by atoms with Gasteiger partial charge >= 0.3 is 12.7 Å². The molecule has 0 rings (SSSR count). The molecule has 0 fully saturated rings. The molecule has 36 heavy (non-hydrogen) atoms. The highest BCUT2D eigenvalue weighted by Gasteiger charge is 2.21. The second-order valence-corrected chi connectivity index (χ2v) is 13.7. The first-order chi connectivity index (χ1) is 17.1. The average molecular weight is 555 g/mol. The Hall–Kier alpha value is -0.0800. The van der Waals surface area contributed by atoms with Crippen LogP contribution in [0.15, 0.2) is 0 Å². The molecule has 0 spiro atoms. The molecule has 2 unspecified atom stereocenters. The third-order valence-corrected chi connectivity index (χ3v) is 7.80. The van der Waals surface area contributed by atoms with Gasteiger partial charge in [0.1, 0.15) is 25.9 Å². The fourth-order valence-electron chi connectivity index (χ4n) is 3.73. The molecular weight excluding hydrogens is 497 g/mol. The monoisotopic (exact) mass is 554 g/mol. The van der Waals surface area contributed by atoms with Gasteiger partial charge in [-0.25, -0.2) is 0 Å². The number of methoxy groups -OCH3 is 1. The zero-order chi connectivity index (χ0) is 27.1. The third kappa shape index (κ3) is 25.6. The van der Waals surface area contributed by atoms with E-state index in [0.717, 1.165) is 12.8 Å². The fourth-order valence-corrected chi connectivity index (χ4v) is 4.88. The van der Waals surface area contributed by atoms with Crippen molar-refractivity contribution in [2.75, 3.05) is 54.6 Å². The van der Waals surface area contributed by atoms with Gasteiger partial charge < -0.3 is 27.9 Å². The first-order valence-electron chi connectivity index (χ1n) is 14.2. The molecule has 7 nitrogen and oxygen atoms in total. The molecule has 0 aliphatic carbocycles. The highest BCUT2D eigenvalue weighted by Crippen LogP contribution is 2.43. The van der Waals surface area contributed by atoms with Crippen molar-refractivity contribution in [2.45, 2.75) is 116 Å². The molecule has 0 aromatic heterocycles. The number of esters is 1. The van der Waals surface area contributed by atoms with E-state index in [1.165, 1.54) is 90.6 Å². The van der Waals surface area contributed by atoms with E-state index >= 15 is 0 Å². The van der Waals surface area contributed by atoms with Gasteiger partial charge in [-0.05, 0) is 18.2 Å². The van der Waals surface area contributed by atoms with Crippen LogP contribution in [0.1, 0.15) is 110 Å². The lowest BCUT2D eigenvalue weighted by Crippen LogP contribution is -2.37. The van der Waals surface area contributed by atoms with Crippen LogP contribution in [0.25, 0.3) is 0 Å². The molecule has 0 aliphatic heterocycles. The number of unbranched alkanes of at least 4 members (excludes halogenated alkanes) is 14. The Morgan fingerprint density at radius 1 is 0.806 bits per heavy atom. The van der Waals surface area contributed by atoms with Crippen molar-refractivity contribution in [3.8, 4) is 0 Å². The maximum absolute atomic E-state index is 12.0. The largest absolute Gasteiger partial charge is 0.463 e. The van der Waals surface area contributed by atoms with Crippen LogP contribution in [0.5, 0.6) is 0 Å². The van der Waals surface area contributed by atoms with Gasteiger partial charge in [-0.3, -0.25) is 4.79 Å². The quantitative estimate of drug-likeness (QED) is 0.0548. The summed E-state index contributed by atoms with van der Waals surface area (Å²) in [5.74, 6) is -0.227. The summed E-state index contributed by atoms with van der Waals surface area (Å²) in [5.41, 5.74) is 0. The normalized spacial score (nSPS) is 14.5. The molecule has 216 valence electrons. The molecule has 0 radical (unpaired) electrons. The number of likely N-dealkylation sites (N-methyl/N-ethyl adjacent to an activating group) is 1. The van der Waals surface area contributed by atoms with Gasteiger partial charge in [0.2, 0.25) is 0 Å². The zero-order valence-electron chi connectivity index (χ0n) is 24.0. The van der Waals surface area contributed by atoms with Crippen LogP contribution in [0.3, 0.4) is 0 Å². The van der Waals surface area contributed by atoms with Crippen molar-refractivity contribution >= 4 is 24.5 Å². The van der Waals surface area contributed by atoms with E-state index in [1.54, 1.807) is 0 Å². The first-order valence-corrected chi connectivity index (χ1v) is 16.8. The average Bonchev–Trinajstić information content (AvgIpc) is 2.80. The number of ether oxygens (including phenoxy) is 2. The fraction of sp³-hybridized carbons (Fsp3) is 0.963. The maximum atomic E-state index is 12.0. The molecule has 1 N–H and O–H groups in total. The second-order valence-electron chi connectivity index (χ2n) is 10.9. The van der Waals surface area contributed by atoms with Crippen molar-refractivity contribution in [1.29, 1.82) is 0 Å². The van der Waals surface area contributed by atoms with Crippen LogP contribution in [0.4, 0.5) is 0 Å². The lowest BCUT2D eigenvalue weighted by atomic mass is 10.0. The van der Waals surface area contributed by atoms with Crippen LogP contribution in [0, 0.1) is 0 Å². The minimum atomic E-state index is -3.34. The van der Waals surface area contributed by atoms with Gasteiger partial charge in [0.15, 0.2) is 0 Å². The summed E-state index contributed by atoms with van der Waals surface area (Å²) in [7, 11) is 7.59. The maximum Gasteiger partial charge on any atom is 0.324 e. The Morgan fingerprint density at radius 2 is 1.28 bits per heavy atom. The Morgan fingerprint density at radius 3 is 1.72 bits per heavy atom. The van der Waals surface area contributed by atoms with E-state index in [1.807, 2.05) is 21.1 Å².